The van der Waals surface area contributed by atoms with Crippen LogP contribution >= 0.6 is 0 Å². The lowest BCUT2D eigenvalue weighted by atomic mass is 9.48. The zero-order valence-electron chi connectivity index (χ0n) is 21.5. The van der Waals surface area contributed by atoms with E-state index in [9.17, 15) is 9.59 Å². The van der Waals surface area contributed by atoms with E-state index in [1.807, 2.05) is 30.3 Å². The summed E-state index contributed by atoms with van der Waals surface area (Å²) in [7, 11) is 0. The average Bonchev–Trinajstić information content (AvgIpc) is 2.92. The first-order valence-electron chi connectivity index (χ1n) is 14.2. The molecule has 0 aromatic heterocycles. The van der Waals surface area contributed by atoms with E-state index in [1.165, 1.54) is 22.3 Å². The zero-order valence-corrected chi connectivity index (χ0v) is 21.5. The van der Waals surface area contributed by atoms with E-state index in [2.05, 4.69) is 48.5 Å². The van der Waals surface area contributed by atoms with Crippen molar-refractivity contribution < 1.29 is 19.1 Å². The van der Waals surface area contributed by atoms with E-state index < -0.39 is 11.0 Å². The Labute approximate surface area is 223 Å². The maximum atomic E-state index is 14.1. The van der Waals surface area contributed by atoms with Crippen molar-refractivity contribution in [1.82, 2.24) is 0 Å². The van der Waals surface area contributed by atoms with Gasteiger partial charge in [0, 0.05) is 18.3 Å². The van der Waals surface area contributed by atoms with Gasteiger partial charge in [0.15, 0.2) is 0 Å². The third-order valence-corrected chi connectivity index (χ3v) is 10.3. The van der Waals surface area contributed by atoms with E-state index in [0.29, 0.717) is 24.0 Å². The van der Waals surface area contributed by atoms with Crippen LogP contribution in [0, 0.1) is 23.2 Å². The molecule has 3 aromatic carbocycles. The number of carbonyl (C=O) groups is 2. The third-order valence-electron chi connectivity index (χ3n) is 10.3. The summed E-state index contributed by atoms with van der Waals surface area (Å²) >= 11 is 0. The summed E-state index contributed by atoms with van der Waals surface area (Å²) < 4.78 is 12.6. The molecule has 0 amide bonds. The van der Waals surface area contributed by atoms with E-state index in [4.69, 9.17) is 9.47 Å². The highest BCUT2D eigenvalue weighted by Gasteiger charge is 2.63. The number of ether oxygens (including phenoxy) is 2. The molecule has 192 valence electrons. The average molecular weight is 505 g/mol. The third kappa shape index (κ3) is 3.28. The Kier molecular flexibility index (Phi) is 4.78. The number of fused-ring (bicyclic) bond motifs is 1. The van der Waals surface area contributed by atoms with Gasteiger partial charge >= 0.3 is 11.9 Å². The summed E-state index contributed by atoms with van der Waals surface area (Å²) in [6.45, 7) is 0. The number of carbonyl (C=O) groups excluding carboxylic acids is 2. The van der Waals surface area contributed by atoms with Crippen LogP contribution in [0.15, 0.2) is 78.9 Å². The molecule has 3 atom stereocenters. The van der Waals surface area contributed by atoms with Crippen LogP contribution in [0.1, 0.15) is 79.0 Å². The van der Waals surface area contributed by atoms with Crippen LogP contribution in [-0.4, -0.2) is 17.5 Å². The Bertz CT molecular complexity index is 1380. The molecule has 3 unspecified atom stereocenters. The highest BCUT2D eigenvalue weighted by atomic mass is 16.6. The van der Waals surface area contributed by atoms with Crippen molar-refractivity contribution in [2.24, 2.45) is 23.2 Å². The molecule has 3 aromatic rings. The van der Waals surface area contributed by atoms with Crippen LogP contribution in [0.3, 0.4) is 0 Å². The van der Waals surface area contributed by atoms with Crippen LogP contribution in [0.5, 0.6) is 5.75 Å². The summed E-state index contributed by atoms with van der Waals surface area (Å²) in [5.74, 6) is 1.28. The summed E-state index contributed by atoms with van der Waals surface area (Å²) in [5.41, 5.74) is 4.17. The maximum Gasteiger partial charge on any atom is 0.317 e. The van der Waals surface area contributed by atoms with Crippen molar-refractivity contribution >= 4 is 11.9 Å². The fourth-order valence-electron chi connectivity index (χ4n) is 9.40. The minimum absolute atomic E-state index is 0.0332. The second kappa shape index (κ2) is 8.05. The van der Waals surface area contributed by atoms with E-state index in [1.54, 1.807) is 0 Å². The molecule has 0 N–H and O–H groups in total. The van der Waals surface area contributed by atoms with Gasteiger partial charge in [-0.25, -0.2) is 0 Å². The molecule has 10 rings (SSSR count). The summed E-state index contributed by atoms with van der Waals surface area (Å²) in [6.07, 6.45) is 5.98. The van der Waals surface area contributed by atoms with Crippen LogP contribution in [0.25, 0.3) is 0 Å². The number of hydrogen-bond donors (Lipinski definition) is 0. The molecular formula is C34H32O4. The van der Waals surface area contributed by atoms with Gasteiger partial charge in [-0.1, -0.05) is 66.7 Å². The number of rotatable bonds is 4. The van der Waals surface area contributed by atoms with Crippen molar-refractivity contribution in [2.45, 2.75) is 62.4 Å². The molecule has 0 aliphatic heterocycles. The normalized spacial score (nSPS) is 35.3. The molecule has 7 aliphatic rings. The molecule has 0 spiro atoms. The van der Waals surface area contributed by atoms with Crippen molar-refractivity contribution in [1.29, 1.82) is 0 Å². The van der Waals surface area contributed by atoms with Gasteiger partial charge in [-0.2, -0.15) is 0 Å². The lowest BCUT2D eigenvalue weighted by molar-refractivity contribution is -0.212. The minimum Gasteiger partial charge on any atom is -0.459 e. The summed E-state index contributed by atoms with van der Waals surface area (Å²) in [4.78, 5) is 27.7. The first kappa shape index (κ1) is 22.6. The second-order valence-corrected chi connectivity index (χ2v) is 12.7. The van der Waals surface area contributed by atoms with E-state index in [-0.39, 0.29) is 29.7 Å². The molecular weight excluding hydrogens is 472 g/mol. The van der Waals surface area contributed by atoms with Gasteiger partial charge in [-0.05, 0) is 84.7 Å². The Hall–Kier alpha value is -3.40. The quantitative estimate of drug-likeness (QED) is 0.291. The van der Waals surface area contributed by atoms with Gasteiger partial charge in [0.1, 0.15) is 11.4 Å². The predicted molar refractivity (Wildman–Crippen MR) is 143 cm³/mol. The van der Waals surface area contributed by atoms with Crippen LogP contribution in [-0.2, 0) is 14.3 Å². The standard InChI is InChI=1S/C34H32O4/c35-31(29-15-28-24-10-4-6-12-26(24)30(29)27-13-7-5-11-25(27)28)38-34-18-21-14-22(19-34)17-33(16-21,20-34)32(36)37-23-8-2-1-3-9-23/h1-13,21-22,28-30H,14-20H2. The van der Waals surface area contributed by atoms with E-state index >= 15 is 0 Å². The van der Waals surface area contributed by atoms with Crippen LogP contribution in [0.2, 0.25) is 0 Å². The summed E-state index contributed by atoms with van der Waals surface area (Å²) in [5, 5.41) is 0. The molecule has 0 heterocycles. The highest BCUT2D eigenvalue weighted by Crippen LogP contribution is 2.64. The topological polar surface area (TPSA) is 52.6 Å². The Balaban J connectivity index is 1.09. The molecule has 4 saturated carbocycles. The first-order chi connectivity index (χ1) is 18.5. The first-order valence-corrected chi connectivity index (χ1v) is 14.2. The number of para-hydroxylation sites is 1. The number of hydrogen-bond acceptors (Lipinski definition) is 4. The fourth-order valence-corrected chi connectivity index (χ4v) is 9.40. The van der Waals surface area contributed by atoms with Crippen LogP contribution < -0.4 is 4.74 Å². The number of esters is 2. The van der Waals surface area contributed by atoms with Gasteiger partial charge in [0.25, 0.3) is 0 Å². The SMILES string of the molecule is O=C(OC12CC3CC(C1)CC(C(=O)Oc1ccccc1)(C3)C2)C1CC2c3ccccc3C1c1ccccc12. The molecule has 38 heavy (non-hydrogen) atoms. The van der Waals surface area contributed by atoms with Crippen LogP contribution in [0.4, 0.5) is 0 Å². The van der Waals surface area contributed by atoms with Gasteiger partial charge in [-0.3, -0.25) is 9.59 Å². The largest absolute Gasteiger partial charge is 0.459 e. The van der Waals surface area contributed by atoms with Crippen molar-refractivity contribution in [3.63, 3.8) is 0 Å². The molecule has 4 fully saturated rings. The predicted octanol–water partition coefficient (Wildman–Crippen LogP) is 6.77. The summed E-state index contributed by atoms with van der Waals surface area (Å²) in [6, 6.07) is 26.6. The Morgan fingerprint density at radius 3 is 1.89 bits per heavy atom. The Morgan fingerprint density at radius 2 is 1.26 bits per heavy atom. The molecule has 4 heteroatoms. The number of benzene rings is 3. The molecule has 0 radical (unpaired) electrons. The lowest BCUT2D eigenvalue weighted by Gasteiger charge is -2.60. The second-order valence-electron chi connectivity index (χ2n) is 12.7. The monoisotopic (exact) mass is 504 g/mol. The van der Waals surface area contributed by atoms with Crippen molar-refractivity contribution in [2.75, 3.05) is 0 Å². The Morgan fingerprint density at radius 1 is 0.684 bits per heavy atom. The van der Waals surface area contributed by atoms with Crippen molar-refractivity contribution in [3.05, 3.63) is 101 Å². The molecule has 7 aliphatic carbocycles. The maximum absolute atomic E-state index is 14.1. The smallest absolute Gasteiger partial charge is 0.317 e. The van der Waals surface area contributed by atoms with Gasteiger partial charge < -0.3 is 9.47 Å². The van der Waals surface area contributed by atoms with E-state index in [0.717, 1.165) is 38.5 Å². The molecule has 0 saturated heterocycles. The van der Waals surface area contributed by atoms with Crippen molar-refractivity contribution in [3.8, 4) is 5.75 Å². The fraction of sp³-hybridized carbons (Fsp3) is 0.412. The lowest BCUT2D eigenvalue weighted by Crippen LogP contribution is -2.60. The molecule has 4 nitrogen and oxygen atoms in total. The zero-order chi connectivity index (χ0) is 25.5. The van der Waals surface area contributed by atoms with Gasteiger partial charge in [0.05, 0.1) is 11.3 Å². The highest BCUT2D eigenvalue weighted by molar-refractivity contribution is 5.81. The molecule has 6 bridgehead atoms. The van der Waals surface area contributed by atoms with Gasteiger partial charge in [0.2, 0.25) is 0 Å². The van der Waals surface area contributed by atoms with Gasteiger partial charge in [-0.15, -0.1) is 0 Å². The minimum atomic E-state index is -0.551.